The van der Waals surface area contributed by atoms with Crippen LogP contribution >= 0.6 is 11.3 Å². The predicted molar refractivity (Wildman–Crippen MR) is 134 cm³/mol. The standard InChI is InChI=1S/C25H22FN7O2S/c1-25(2,3)19-8-13-11-33(24(35)21(13)36-19)22-14(26)6-7-15(28-22)17-9-18(23(34)32-30-17)27-20-10-16(29-31-20)12-4-5-12/h6-10,12H,4-5,11H2,1-3H3,(H,32,34). The summed E-state index contributed by atoms with van der Waals surface area (Å²) in [4.78, 5) is 37.2. The van der Waals surface area contributed by atoms with E-state index in [1.807, 2.05) is 6.07 Å². The van der Waals surface area contributed by atoms with Gasteiger partial charge in [0.05, 0.1) is 22.8 Å². The Balaban J connectivity index is 1.31. The number of fused-ring (bicyclic) bond motifs is 1. The molecule has 1 fully saturated rings. The Bertz CT molecular complexity index is 1570. The molecule has 3 aromatic heterocycles. The van der Waals surface area contributed by atoms with E-state index in [4.69, 9.17) is 0 Å². The van der Waals surface area contributed by atoms with Crippen LogP contribution in [0.2, 0.25) is 0 Å². The van der Waals surface area contributed by atoms with Gasteiger partial charge in [0.2, 0.25) is 0 Å². The highest BCUT2D eigenvalue weighted by molar-refractivity contribution is 7.14. The van der Waals surface area contributed by atoms with Crippen LogP contribution in [0.15, 0.2) is 56.1 Å². The first kappa shape index (κ1) is 22.6. The highest BCUT2D eigenvalue weighted by atomic mass is 32.1. The normalized spacial score (nSPS) is 18.3. The minimum atomic E-state index is -0.618. The maximum atomic E-state index is 14.8. The highest BCUT2D eigenvalue weighted by Gasteiger charge is 2.35. The molecule has 2 aliphatic heterocycles. The molecule has 0 atom stereocenters. The van der Waals surface area contributed by atoms with Gasteiger partial charge in [-0.15, -0.1) is 16.5 Å². The predicted octanol–water partition coefficient (Wildman–Crippen LogP) is 5.28. The lowest BCUT2D eigenvalue weighted by atomic mass is 9.94. The molecular weight excluding hydrogens is 481 g/mol. The molecule has 1 amide bonds. The molecule has 1 saturated carbocycles. The van der Waals surface area contributed by atoms with E-state index < -0.39 is 11.4 Å². The summed E-state index contributed by atoms with van der Waals surface area (Å²) in [5.41, 5.74) is 1.84. The van der Waals surface area contributed by atoms with Crippen molar-refractivity contribution in [2.75, 3.05) is 4.90 Å². The number of aromatic amines is 1. The first-order valence-corrected chi connectivity index (χ1v) is 12.4. The van der Waals surface area contributed by atoms with Crippen LogP contribution in [0.25, 0.3) is 11.4 Å². The van der Waals surface area contributed by atoms with E-state index in [-0.39, 0.29) is 35.1 Å². The number of thiophene rings is 1. The maximum absolute atomic E-state index is 14.8. The zero-order valence-corrected chi connectivity index (χ0v) is 20.7. The summed E-state index contributed by atoms with van der Waals surface area (Å²) in [6.45, 7) is 6.52. The van der Waals surface area contributed by atoms with Crippen LogP contribution in [0.1, 0.15) is 53.7 Å². The van der Waals surface area contributed by atoms with Crippen LogP contribution < -0.4 is 10.5 Å². The number of carbonyl (C=O) groups excluding carboxylic acids is 1. The Kier molecular flexibility index (Phi) is 5.08. The minimum Gasteiger partial charge on any atom is -0.285 e. The smallest absolute Gasteiger partial charge is 0.285 e. The summed E-state index contributed by atoms with van der Waals surface area (Å²) in [6, 6.07) is 6.17. The van der Waals surface area contributed by atoms with Gasteiger partial charge >= 0.3 is 0 Å². The van der Waals surface area contributed by atoms with Crippen molar-refractivity contribution >= 4 is 34.6 Å². The third-order valence-electron chi connectivity index (χ3n) is 6.22. The van der Waals surface area contributed by atoms with Gasteiger partial charge < -0.3 is 0 Å². The number of anilines is 1. The fourth-order valence-electron chi connectivity index (χ4n) is 4.06. The van der Waals surface area contributed by atoms with Gasteiger partial charge in [-0.25, -0.2) is 19.5 Å². The lowest BCUT2D eigenvalue weighted by molar-refractivity contribution is 0.0998. The molecule has 1 N–H and O–H groups in total. The van der Waals surface area contributed by atoms with Crippen LogP contribution in [0.3, 0.4) is 0 Å². The molecule has 1 aliphatic carbocycles. The Labute approximate surface area is 209 Å². The van der Waals surface area contributed by atoms with Gasteiger partial charge in [0.1, 0.15) is 11.4 Å². The van der Waals surface area contributed by atoms with E-state index in [1.54, 1.807) is 6.08 Å². The summed E-state index contributed by atoms with van der Waals surface area (Å²) in [5, 5.41) is 14.6. The molecule has 36 heavy (non-hydrogen) atoms. The molecule has 0 spiro atoms. The SMILES string of the molecule is CC(C)(C)c1cc2c(s1)C(=O)N(c1nc(-c3cc(N=C4C=C(C5CC5)N=N4)c(=O)[nH]n3)ccc1F)C2. The van der Waals surface area contributed by atoms with E-state index in [0.29, 0.717) is 22.3 Å². The van der Waals surface area contributed by atoms with Gasteiger partial charge in [-0.2, -0.15) is 10.2 Å². The van der Waals surface area contributed by atoms with Gasteiger partial charge in [-0.3, -0.25) is 14.5 Å². The number of azo groups is 1. The van der Waals surface area contributed by atoms with Crippen molar-refractivity contribution in [3.05, 3.63) is 67.5 Å². The number of amidine groups is 1. The van der Waals surface area contributed by atoms with Crippen LogP contribution in [-0.2, 0) is 12.0 Å². The molecule has 0 aromatic carbocycles. The largest absolute Gasteiger partial charge is 0.290 e. The number of nitrogens with one attached hydrogen (secondary N) is 1. The molecule has 0 saturated heterocycles. The zero-order valence-electron chi connectivity index (χ0n) is 19.9. The molecule has 6 rings (SSSR count). The molecule has 182 valence electrons. The van der Waals surface area contributed by atoms with Crippen molar-refractivity contribution in [3.63, 3.8) is 0 Å². The van der Waals surface area contributed by atoms with Crippen LogP contribution in [-0.4, -0.2) is 26.9 Å². The van der Waals surface area contributed by atoms with E-state index in [1.165, 1.54) is 34.4 Å². The summed E-state index contributed by atoms with van der Waals surface area (Å²) in [7, 11) is 0. The van der Waals surface area contributed by atoms with Crippen molar-refractivity contribution < 1.29 is 9.18 Å². The summed E-state index contributed by atoms with van der Waals surface area (Å²) in [6.07, 6.45) is 3.94. The quantitative estimate of drug-likeness (QED) is 0.521. The molecular formula is C25H22FN7O2S. The molecule has 0 radical (unpaired) electrons. The van der Waals surface area contributed by atoms with E-state index in [9.17, 15) is 14.0 Å². The third-order valence-corrected chi connectivity index (χ3v) is 7.81. The van der Waals surface area contributed by atoms with Gasteiger partial charge in [0.15, 0.2) is 17.5 Å². The number of aromatic nitrogens is 3. The monoisotopic (exact) mass is 503 g/mol. The van der Waals surface area contributed by atoms with E-state index in [2.05, 4.69) is 51.2 Å². The number of nitrogens with zero attached hydrogens (tertiary/aromatic N) is 6. The second kappa shape index (κ2) is 8.09. The van der Waals surface area contributed by atoms with Crippen LogP contribution in [0, 0.1) is 11.7 Å². The first-order valence-electron chi connectivity index (χ1n) is 11.6. The maximum Gasteiger partial charge on any atom is 0.290 e. The van der Waals surface area contributed by atoms with E-state index >= 15 is 0 Å². The van der Waals surface area contributed by atoms with Crippen molar-refractivity contribution in [1.82, 2.24) is 15.2 Å². The van der Waals surface area contributed by atoms with Crippen molar-refractivity contribution in [3.8, 4) is 11.4 Å². The number of allylic oxidation sites excluding steroid dienone is 1. The minimum absolute atomic E-state index is 0.0738. The number of amides is 1. The summed E-state index contributed by atoms with van der Waals surface area (Å²) >= 11 is 1.44. The van der Waals surface area contributed by atoms with Crippen LogP contribution in [0.4, 0.5) is 15.9 Å². The molecule has 9 nitrogen and oxygen atoms in total. The number of carbonyl (C=O) groups is 1. The van der Waals surface area contributed by atoms with Gasteiger partial charge in [0.25, 0.3) is 11.5 Å². The average molecular weight is 504 g/mol. The second-order valence-electron chi connectivity index (χ2n) is 10.1. The van der Waals surface area contributed by atoms with Gasteiger partial charge in [-0.1, -0.05) is 20.8 Å². The number of halogens is 1. The number of H-pyrrole nitrogens is 1. The Hall–Kier alpha value is -3.86. The number of hydrogen-bond acceptors (Lipinski definition) is 7. The molecule has 3 aromatic rings. The molecule has 0 unspecified atom stereocenters. The summed E-state index contributed by atoms with van der Waals surface area (Å²) in [5.74, 6) is -0.211. The highest BCUT2D eigenvalue weighted by Crippen LogP contribution is 2.40. The van der Waals surface area contributed by atoms with Gasteiger partial charge in [-0.05, 0) is 48.1 Å². The number of rotatable bonds is 4. The number of hydrogen-bond donors (Lipinski definition) is 1. The van der Waals surface area contributed by atoms with Crippen molar-refractivity contribution in [2.45, 2.75) is 45.6 Å². The molecule has 11 heteroatoms. The van der Waals surface area contributed by atoms with Gasteiger partial charge in [0, 0.05) is 16.9 Å². The second-order valence-corrected chi connectivity index (χ2v) is 11.1. The van der Waals surface area contributed by atoms with E-state index in [0.717, 1.165) is 29.0 Å². The molecule has 0 bridgehead atoms. The van der Waals surface area contributed by atoms with Crippen molar-refractivity contribution in [2.24, 2.45) is 21.1 Å². The fraction of sp³-hybridized carbons (Fsp3) is 0.320. The third kappa shape index (κ3) is 3.98. The molecule has 5 heterocycles. The average Bonchev–Trinajstić information content (AvgIpc) is 3.28. The molecule has 3 aliphatic rings. The number of pyridine rings is 1. The van der Waals surface area contributed by atoms with Crippen molar-refractivity contribution in [1.29, 1.82) is 0 Å². The summed E-state index contributed by atoms with van der Waals surface area (Å²) < 4.78 is 14.8. The Morgan fingerprint density at radius 2 is 1.94 bits per heavy atom. The van der Waals surface area contributed by atoms with Crippen LogP contribution in [0.5, 0.6) is 0 Å². The Morgan fingerprint density at radius 3 is 2.67 bits per heavy atom. The lowest BCUT2D eigenvalue weighted by Gasteiger charge is -2.18. The fourth-order valence-corrected chi connectivity index (χ4v) is 5.24. The first-order chi connectivity index (χ1) is 17.2. The topological polar surface area (TPSA) is 116 Å². The lowest BCUT2D eigenvalue weighted by Crippen LogP contribution is -2.25. The Morgan fingerprint density at radius 1 is 1.14 bits per heavy atom. The number of aliphatic imine (C=N–C) groups is 1. The zero-order chi connectivity index (χ0) is 25.2.